The maximum absolute atomic E-state index is 13.2. The Morgan fingerprint density at radius 3 is 2.38 bits per heavy atom. The lowest BCUT2D eigenvalue weighted by molar-refractivity contribution is 0.179. The molecule has 0 amide bonds. The summed E-state index contributed by atoms with van der Waals surface area (Å²) in [5, 5.41) is 17.7. The lowest BCUT2D eigenvalue weighted by Crippen LogP contribution is -2.35. The number of phenolic OH excluding ortho intramolecular Hbond substituents is 1. The fourth-order valence-corrected chi connectivity index (χ4v) is 4.43. The van der Waals surface area contributed by atoms with E-state index in [0.29, 0.717) is 12.3 Å². The molecule has 0 heterocycles. The van der Waals surface area contributed by atoms with Gasteiger partial charge in [-0.15, -0.1) is 0 Å². The third kappa shape index (κ3) is 5.79. The van der Waals surface area contributed by atoms with Gasteiger partial charge in [0.25, 0.3) is 0 Å². The highest BCUT2D eigenvalue weighted by atomic mass is 32.2. The Morgan fingerprint density at radius 1 is 1.17 bits per heavy atom. The number of sulfonamides is 1. The van der Waals surface area contributed by atoms with Crippen LogP contribution in [0.3, 0.4) is 0 Å². The van der Waals surface area contributed by atoms with Gasteiger partial charge in [0.15, 0.2) is 0 Å². The predicted octanol–water partition coefficient (Wildman–Crippen LogP) is 2.68. The maximum atomic E-state index is 13.2. The van der Waals surface area contributed by atoms with Crippen molar-refractivity contribution in [3.8, 4) is 5.75 Å². The van der Waals surface area contributed by atoms with Gasteiger partial charge in [-0.3, -0.25) is 5.41 Å². The largest absolute Gasteiger partial charge is 0.507 e. The Kier molecular flexibility index (Phi) is 7.78. The van der Waals surface area contributed by atoms with Crippen molar-refractivity contribution in [2.75, 3.05) is 26.8 Å². The van der Waals surface area contributed by atoms with Crippen molar-refractivity contribution in [2.24, 2.45) is 5.73 Å². The van der Waals surface area contributed by atoms with Gasteiger partial charge in [-0.1, -0.05) is 38.1 Å². The lowest BCUT2D eigenvalue weighted by Gasteiger charge is -2.23. The van der Waals surface area contributed by atoms with Crippen molar-refractivity contribution < 1.29 is 18.3 Å². The Hall–Kier alpha value is -2.42. The van der Waals surface area contributed by atoms with E-state index in [-0.39, 0.29) is 41.7 Å². The van der Waals surface area contributed by atoms with Crippen LogP contribution in [-0.2, 0) is 21.2 Å². The molecule has 0 fully saturated rings. The van der Waals surface area contributed by atoms with Gasteiger partial charge in [-0.05, 0) is 41.7 Å². The molecule has 2 rings (SSSR count). The molecule has 0 aliphatic heterocycles. The van der Waals surface area contributed by atoms with Crippen LogP contribution in [0, 0.1) is 5.41 Å². The highest BCUT2D eigenvalue weighted by molar-refractivity contribution is 7.89. The van der Waals surface area contributed by atoms with Gasteiger partial charge >= 0.3 is 0 Å². The normalized spacial score (nSPS) is 11.9. The Morgan fingerprint density at radius 2 is 1.83 bits per heavy atom. The van der Waals surface area contributed by atoms with E-state index in [1.54, 1.807) is 0 Å². The Labute approximate surface area is 172 Å². The van der Waals surface area contributed by atoms with E-state index in [1.807, 2.05) is 12.1 Å². The number of aromatic hydroxyl groups is 1. The number of nitrogens with two attached hydrogens (primary N) is 1. The third-order valence-electron chi connectivity index (χ3n) is 4.73. The van der Waals surface area contributed by atoms with Crippen LogP contribution in [0.5, 0.6) is 5.75 Å². The van der Waals surface area contributed by atoms with Crippen LogP contribution in [0.4, 0.5) is 0 Å². The molecule has 0 saturated heterocycles. The van der Waals surface area contributed by atoms with Crippen LogP contribution in [0.1, 0.15) is 36.5 Å². The average Bonchev–Trinajstić information content (AvgIpc) is 2.68. The van der Waals surface area contributed by atoms with Crippen molar-refractivity contribution in [1.82, 2.24) is 4.31 Å². The first-order chi connectivity index (χ1) is 13.7. The van der Waals surface area contributed by atoms with Crippen LogP contribution in [0.2, 0.25) is 0 Å². The SMILES string of the molecule is COCCN(CCc1ccc(C(C)C)cc1)S(=O)(=O)c1cc(C(=N)N)ccc1O. The molecule has 158 valence electrons. The van der Waals surface area contributed by atoms with Crippen molar-refractivity contribution in [1.29, 1.82) is 5.41 Å². The molecule has 0 bridgehead atoms. The molecule has 0 aliphatic rings. The summed E-state index contributed by atoms with van der Waals surface area (Å²) in [6.07, 6.45) is 0.522. The molecule has 0 unspecified atom stereocenters. The number of benzene rings is 2. The fraction of sp³-hybridized carbons (Fsp3) is 0.381. The van der Waals surface area contributed by atoms with E-state index in [4.69, 9.17) is 15.9 Å². The van der Waals surface area contributed by atoms with Crippen molar-refractivity contribution in [3.63, 3.8) is 0 Å². The zero-order valence-corrected chi connectivity index (χ0v) is 17.9. The van der Waals surface area contributed by atoms with Gasteiger partial charge in [0.1, 0.15) is 16.5 Å². The number of methoxy groups -OCH3 is 1. The minimum absolute atomic E-state index is 0.145. The summed E-state index contributed by atoms with van der Waals surface area (Å²) in [7, 11) is -2.50. The lowest BCUT2D eigenvalue weighted by atomic mass is 10.0. The first kappa shape index (κ1) is 22.9. The molecule has 0 aromatic heterocycles. The summed E-state index contributed by atoms with van der Waals surface area (Å²) in [4.78, 5) is -0.267. The minimum atomic E-state index is -4.00. The summed E-state index contributed by atoms with van der Waals surface area (Å²) in [6.45, 7) is 4.84. The van der Waals surface area contributed by atoms with Crippen molar-refractivity contribution in [2.45, 2.75) is 31.1 Å². The molecule has 0 saturated carbocycles. The molecule has 2 aromatic rings. The van der Waals surface area contributed by atoms with Crippen molar-refractivity contribution >= 4 is 15.9 Å². The molecular formula is C21H29N3O4S. The number of nitrogen functional groups attached to an aromatic ring is 1. The molecule has 2 aromatic carbocycles. The Balaban J connectivity index is 2.28. The van der Waals surface area contributed by atoms with Gasteiger partial charge in [-0.25, -0.2) is 8.42 Å². The average molecular weight is 420 g/mol. The van der Waals surface area contributed by atoms with E-state index >= 15 is 0 Å². The Bertz CT molecular complexity index is 941. The van der Waals surface area contributed by atoms with E-state index in [0.717, 1.165) is 5.56 Å². The molecule has 0 atom stereocenters. The van der Waals surface area contributed by atoms with Crippen LogP contribution < -0.4 is 5.73 Å². The van der Waals surface area contributed by atoms with E-state index in [2.05, 4.69) is 26.0 Å². The second-order valence-corrected chi connectivity index (χ2v) is 9.05. The van der Waals surface area contributed by atoms with E-state index in [1.165, 1.54) is 35.2 Å². The van der Waals surface area contributed by atoms with Gasteiger partial charge in [0, 0.05) is 25.8 Å². The first-order valence-corrected chi connectivity index (χ1v) is 10.9. The number of hydrogen-bond acceptors (Lipinski definition) is 5. The summed E-state index contributed by atoms with van der Waals surface area (Å²) < 4.78 is 32.7. The topological polar surface area (TPSA) is 117 Å². The number of rotatable bonds is 10. The van der Waals surface area contributed by atoms with Crippen LogP contribution >= 0.6 is 0 Å². The molecule has 0 aliphatic carbocycles. The third-order valence-corrected chi connectivity index (χ3v) is 6.66. The fourth-order valence-electron chi connectivity index (χ4n) is 2.90. The molecule has 0 radical (unpaired) electrons. The van der Waals surface area contributed by atoms with Gasteiger partial charge in [0.2, 0.25) is 10.0 Å². The second kappa shape index (κ2) is 9.87. The van der Waals surface area contributed by atoms with Crippen molar-refractivity contribution in [3.05, 3.63) is 59.2 Å². The predicted molar refractivity (Wildman–Crippen MR) is 114 cm³/mol. The smallest absolute Gasteiger partial charge is 0.246 e. The molecular weight excluding hydrogens is 390 g/mol. The summed E-state index contributed by atoms with van der Waals surface area (Å²) in [5.41, 5.74) is 7.95. The molecule has 7 nitrogen and oxygen atoms in total. The van der Waals surface area contributed by atoms with Gasteiger partial charge in [0.05, 0.1) is 6.61 Å². The molecule has 8 heteroatoms. The number of ether oxygens (including phenoxy) is 1. The first-order valence-electron chi connectivity index (χ1n) is 9.42. The van der Waals surface area contributed by atoms with Crippen LogP contribution in [0.15, 0.2) is 47.4 Å². The van der Waals surface area contributed by atoms with Crippen LogP contribution in [-0.4, -0.2) is 50.5 Å². The molecule has 4 N–H and O–H groups in total. The van der Waals surface area contributed by atoms with E-state index < -0.39 is 10.0 Å². The maximum Gasteiger partial charge on any atom is 0.246 e. The number of hydrogen-bond donors (Lipinski definition) is 3. The van der Waals surface area contributed by atoms with Gasteiger partial charge in [-0.2, -0.15) is 4.31 Å². The number of nitrogens with zero attached hydrogens (tertiary/aromatic N) is 1. The van der Waals surface area contributed by atoms with E-state index in [9.17, 15) is 13.5 Å². The zero-order valence-electron chi connectivity index (χ0n) is 17.1. The number of nitrogens with one attached hydrogen (secondary N) is 1. The standard InChI is InChI=1S/C21H29N3O4S/c1-15(2)17-6-4-16(5-7-17)10-11-24(12-13-28-3)29(26,27)20-14-18(21(22)23)8-9-19(20)25/h4-9,14-15,25H,10-13H2,1-3H3,(H3,22,23). The summed E-state index contributed by atoms with van der Waals surface area (Å²) >= 11 is 0. The summed E-state index contributed by atoms with van der Waals surface area (Å²) in [6, 6.07) is 12.0. The highest BCUT2D eigenvalue weighted by Gasteiger charge is 2.27. The summed E-state index contributed by atoms with van der Waals surface area (Å²) in [5.74, 6) is -0.215. The number of amidine groups is 1. The second-order valence-electron chi connectivity index (χ2n) is 7.14. The quantitative estimate of drug-likeness (QED) is 0.404. The van der Waals surface area contributed by atoms with Crippen LogP contribution in [0.25, 0.3) is 0 Å². The monoisotopic (exact) mass is 419 g/mol. The zero-order chi connectivity index (χ0) is 21.6. The highest BCUT2D eigenvalue weighted by Crippen LogP contribution is 2.27. The molecule has 29 heavy (non-hydrogen) atoms. The van der Waals surface area contributed by atoms with Gasteiger partial charge < -0.3 is 15.6 Å². The minimum Gasteiger partial charge on any atom is -0.507 e. The number of phenols is 1. The molecule has 0 spiro atoms.